The van der Waals surface area contributed by atoms with Gasteiger partial charge in [0.1, 0.15) is 0 Å². The number of thiophene rings is 1. The van der Waals surface area contributed by atoms with Crippen LogP contribution in [0.25, 0.3) is 6.08 Å². The monoisotopic (exact) mass is 412 g/mol. The van der Waals surface area contributed by atoms with E-state index in [0.29, 0.717) is 15.1 Å². The molecule has 1 fully saturated rings. The molecule has 0 atom stereocenters. The van der Waals surface area contributed by atoms with Gasteiger partial charge in [-0.05, 0) is 70.5 Å². The lowest BCUT2D eigenvalue weighted by atomic mass is 10.2. The Morgan fingerprint density at radius 3 is 2.82 bits per heavy atom. The van der Waals surface area contributed by atoms with Crippen LogP contribution < -0.4 is 5.32 Å². The van der Waals surface area contributed by atoms with Gasteiger partial charge in [0.05, 0.1) is 14.4 Å². The highest BCUT2D eigenvalue weighted by atomic mass is 79.9. The molecule has 0 radical (unpaired) electrons. The molecule has 1 amide bonds. The minimum atomic E-state index is -0.133. The third kappa shape index (κ3) is 3.63. The summed E-state index contributed by atoms with van der Waals surface area (Å²) >= 11 is 12.4. The van der Waals surface area contributed by atoms with Crippen molar-refractivity contribution < 1.29 is 4.79 Å². The summed E-state index contributed by atoms with van der Waals surface area (Å²) in [6.45, 7) is 1.94. The molecule has 0 unspecified atom stereocenters. The maximum Gasteiger partial charge on any atom is 0.264 e. The van der Waals surface area contributed by atoms with Gasteiger partial charge in [0, 0.05) is 9.90 Å². The summed E-state index contributed by atoms with van der Waals surface area (Å²) < 4.78 is 1.03. The SMILES string of the molecule is Cc1ccc(N=C2NC(=O)/C(=C/c3ccc(Br)s3)S2)cc1Cl. The second kappa shape index (κ2) is 6.58. The number of thioether (sulfide) groups is 1. The second-order valence-corrected chi connectivity index (χ2v) is 8.49. The molecule has 1 N–H and O–H groups in total. The normalized spacial score (nSPS) is 18.2. The van der Waals surface area contributed by atoms with E-state index in [1.54, 1.807) is 17.4 Å². The molecule has 1 aromatic heterocycles. The van der Waals surface area contributed by atoms with Crippen molar-refractivity contribution in [2.45, 2.75) is 6.92 Å². The van der Waals surface area contributed by atoms with Crippen LogP contribution in [0.2, 0.25) is 5.02 Å². The molecular weight excluding hydrogens is 404 g/mol. The van der Waals surface area contributed by atoms with Crippen molar-refractivity contribution in [2.24, 2.45) is 4.99 Å². The van der Waals surface area contributed by atoms with Crippen LogP contribution in [0.15, 0.2) is 44.0 Å². The zero-order valence-electron chi connectivity index (χ0n) is 11.4. The van der Waals surface area contributed by atoms with Crippen molar-refractivity contribution in [3.8, 4) is 0 Å². The van der Waals surface area contributed by atoms with Crippen molar-refractivity contribution in [2.75, 3.05) is 0 Å². The van der Waals surface area contributed by atoms with E-state index in [1.807, 2.05) is 37.3 Å². The lowest BCUT2D eigenvalue weighted by Gasteiger charge is -2.00. The van der Waals surface area contributed by atoms with Crippen molar-refractivity contribution in [3.63, 3.8) is 0 Å². The van der Waals surface area contributed by atoms with Crippen LogP contribution >= 0.6 is 50.6 Å². The summed E-state index contributed by atoms with van der Waals surface area (Å²) in [7, 11) is 0. The van der Waals surface area contributed by atoms with E-state index in [9.17, 15) is 4.79 Å². The Morgan fingerprint density at radius 2 is 2.14 bits per heavy atom. The smallest absolute Gasteiger partial charge is 0.264 e. The lowest BCUT2D eigenvalue weighted by Crippen LogP contribution is -2.19. The fourth-order valence-corrected chi connectivity index (χ4v) is 4.23. The van der Waals surface area contributed by atoms with Gasteiger partial charge in [0.2, 0.25) is 0 Å². The molecule has 0 aliphatic carbocycles. The minimum absolute atomic E-state index is 0.133. The Bertz CT molecular complexity index is 814. The van der Waals surface area contributed by atoms with Crippen molar-refractivity contribution in [3.05, 3.63) is 54.5 Å². The number of amides is 1. The third-order valence-corrected chi connectivity index (χ3v) is 5.79. The van der Waals surface area contributed by atoms with Crippen LogP contribution in [-0.2, 0) is 4.79 Å². The van der Waals surface area contributed by atoms with Crippen LogP contribution in [0.4, 0.5) is 5.69 Å². The zero-order valence-corrected chi connectivity index (χ0v) is 15.4. The predicted octanol–water partition coefficient (Wildman–Crippen LogP) is 5.36. The van der Waals surface area contributed by atoms with E-state index >= 15 is 0 Å². The number of aryl methyl sites for hydroxylation is 1. The maximum absolute atomic E-state index is 12.0. The first-order valence-corrected chi connectivity index (χ1v) is 9.13. The summed E-state index contributed by atoms with van der Waals surface area (Å²) in [5, 5.41) is 3.99. The first-order valence-electron chi connectivity index (χ1n) is 6.32. The first kappa shape index (κ1) is 15.8. The quantitative estimate of drug-likeness (QED) is 0.673. The number of carbonyl (C=O) groups excluding carboxylic acids is 1. The summed E-state index contributed by atoms with van der Waals surface area (Å²) in [5.74, 6) is -0.133. The van der Waals surface area contributed by atoms with Crippen LogP contribution in [-0.4, -0.2) is 11.1 Å². The van der Waals surface area contributed by atoms with E-state index in [1.165, 1.54) is 11.8 Å². The molecule has 1 aliphatic rings. The van der Waals surface area contributed by atoms with E-state index in [0.717, 1.165) is 19.9 Å². The Kier molecular flexibility index (Phi) is 4.73. The highest BCUT2D eigenvalue weighted by molar-refractivity contribution is 9.11. The van der Waals surface area contributed by atoms with Crippen molar-refractivity contribution >= 4 is 73.5 Å². The van der Waals surface area contributed by atoms with Gasteiger partial charge in [-0.3, -0.25) is 4.79 Å². The summed E-state index contributed by atoms with van der Waals surface area (Å²) in [5.41, 5.74) is 1.72. The number of halogens is 2. The van der Waals surface area contributed by atoms with Gasteiger partial charge in [-0.25, -0.2) is 4.99 Å². The minimum Gasteiger partial charge on any atom is -0.300 e. The van der Waals surface area contributed by atoms with E-state index in [-0.39, 0.29) is 5.91 Å². The highest BCUT2D eigenvalue weighted by Crippen LogP contribution is 2.31. The molecule has 1 saturated heterocycles. The molecular formula is C15H10BrClN2OS2. The molecule has 1 aromatic carbocycles. The molecule has 2 aromatic rings. The van der Waals surface area contributed by atoms with E-state index in [2.05, 4.69) is 26.2 Å². The second-order valence-electron chi connectivity index (χ2n) is 4.56. The van der Waals surface area contributed by atoms with Crippen molar-refractivity contribution in [1.82, 2.24) is 5.32 Å². The molecule has 22 heavy (non-hydrogen) atoms. The predicted molar refractivity (Wildman–Crippen MR) is 99.0 cm³/mol. The standard InChI is InChI=1S/C15H10BrClN2OS2/c1-8-2-3-9(6-11(8)17)18-15-19-14(20)12(22-15)7-10-4-5-13(16)21-10/h2-7H,1H3,(H,18,19,20)/b12-7-. The first-order chi connectivity index (χ1) is 10.5. The summed E-state index contributed by atoms with van der Waals surface area (Å²) in [6.07, 6.45) is 1.86. The average Bonchev–Trinajstić information content (AvgIpc) is 3.01. The number of nitrogens with zero attached hydrogens (tertiary/aromatic N) is 1. The van der Waals surface area contributed by atoms with Gasteiger partial charge in [-0.2, -0.15) is 0 Å². The number of amidine groups is 1. The number of rotatable bonds is 2. The molecule has 112 valence electrons. The number of nitrogens with one attached hydrogen (secondary N) is 1. The molecule has 3 nitrogen and oxygen atoms in total. The molecule has 3 rings (SSSR count). The Hall–Kier alpha value is -1.08. The van der Waals surface area contributed by atoms with Gasteiger partial charge in [0.15, 0.2) is 5.17 Å². The molecule has 0 saturated carbocycles. The molecule has 7 heteroatoms. The number of hydrogen-bond donors (Lipinski definition) is 1. The maximum atomic E-state index is 12.0. The number of aliphatic imine (C=N–C) groups is 1. The average molecular weight is 414 g/mol. The van der Waals surface area contributed by atoms with Gasteiger partial charge < -0.3 is 5.32 Å². The van der Waals surface area contributed by atoms with E-state index in [4.69, 9.17) is 11.6 Å². The topological polar surface area (TPSA) is 41.5 Å². The van der Waals surface area contributed by atoms with E-state index < -0.39 is 0 Å². The summed E-state index contributed by atoms with van der Waals surface area (Å²) in [6, 6.07) is 9.49. The van der Waals surface area contributed by atoms with Gasteiger partial charge in [-0.1, -0.05) is 17.7 Å². The van der Waals surface area contributed by atoms with Gasteiger partial charge in [0.25, 0.3) is 5.91 Å². The van der Waals surface area contributed by atoms with Gasteiger partial charge in [-0.15, -0.1) is 11.3 Å². The fraction of sp³-hybridized carbons (Fsp3) is 0.0667. The molecule has 2 heterocycles. The van der Waals surface area contributed by atoms with Gasteiger partial charge >= 0.3 is 0 Å². The van der Waals surface area contributed by atoms with Crippen molar-refractivity contribution in [1.29, 1.82) is 0 Å². The van der Waals surface area contributed by atoms with Crippen LogP contribution in [0.5, 0.6) is 0 Å². The summed E-state index contributed by atoms with van der Waals surface area (Å²) in [4.78, 5) is 18.1. The number of benzene rings is 1. The van der Waals surface area contributed by atoms with Crippen LogP contribution in [0, 0.1) is 6.92 Å². The third-order valence-electron chi connectivity index (χ3n) is 2.90. The van der Waals surface area contributed by atoms with Crippen LogP contribution in [0.3, 0.4) is 0 Å². The molecule has 0 spiro atoms. The zero-order chi connectivity index (χ0) is 15.7. The largest absolute Gasteiger partial charge is 0.300 e. The Morgan fingerprint density at radius 1 is 1.32 bits per heavy atom. The number of hydrogen-bond acceptors (Lipinski definition) is 4. The van der Waals surface area contributed by atoms with Crippen LogP contribution in [0.1, 0.15) is 10.4 Å². The lowest BCUT2D eigenvalue weighted by molar-refractivity contribution is -0.115. The highest BCUT2D eigenvalue weighted by Gasteiger charge is 2.24. The molecule has 1 aliphatic heterocycles. The molecule has 0 bridgehead atoms. The Balaban J connectivity index is 1.83. The Labute approximate surface area is 149 Å². The number of carbonyl (C=O) groups is 1. The fourth-order valence-electron chi connectivity index (χ4n) is 1.78.